The Balaban J connectivity index is 1.75. The molecule has 0 amide bonds. The van der Waals surface area contributed by atoms with Gasteiger partial charge in [-0.25, -0.2) is 9.67 Å². The van der Waals surface area contributed by atoms with Gasteiger partial charge in [-0.1, -0.05) is 19.6 Å². The number of aryl methyl sites for hydroxylation is 1. The molecule has 0 aliphatic rings. The van der Waals surface area contributed by atoms with Crippen LogP contribution in [0.5, 0.6) is 0 Å². The van der Waals surface area contributed by atoms with Crippen LogP contribution in [0.2, 0.25) is 25.7 Å². The molecule has 138 valence electrons. The van der Waals surface area contributed by atoms with Crippen molar-refractivity contribution in [1.82, 2.24) is 19.3 Å². The summed E-state index contributed by atoms with van der Waals surface area (Å²) in [6.45, 7) is 11.2. The van der Waals surface area contributed by atoms with Crippen LogP contribution in [0.25, 0.3) is 16.7 Å². The molecular formula is C19H26N4O2Si. The molecule has 0 aliphatic carbocycles. The molecule has 26 heavy (non-hydrogen) atoms. The fourth-order valence-corrected chi connectivity index (χ4v) is 3.57. The number of hydrogen-bond donors (Lipinski definition) is 0. The van der Waals surface area contributed by atoms with E-state index >= 15 is 0 Å². The molecule has 6 nitrogen and oxygen atoms in total. The summed E-state index contributed by atoms with van der Waals surface area (Å²) in [7, 11) is -1.05. The van der Waals surface area contributed by atoms with Crippen molar-refractivity contribution in [3.05, 3.63) is 42.0 Å². The van der Waals surface area contributed by atoms with Gasteiger partial charge >= 0.3 is 0 Å². The zero-order valence-electron chi connectivity index (χ0n) is 15.9. The zero-order valence-corrected chi connectivity index (χ0v) is 16.9. The first kappa shape index (κ1) is 18.5. The standard InChI is InChI=1S/C19H26N4O2Si/c1-15-16(14-24)13-23(21-15)18-5-7-20-19-17(18)6-8-22(19)9-10-25-11-12-26(2,3)4/h5-8,13-14H,9-12H2,1-4H3. The minimum absolute atomic E-state index is 0.602. The van der Waals surface area contributed by atoms with E-state index in [-0.39, 0.29) is 0 Å². The van der Waals surface area contributed by atoms with Gasteiger partial charge in [0.1, 0.15) is 5.65 Å². The summed E-state index contributed by atoms with van der Waals surface area (Å²) in [5.41, 5.74) is 3.15. The Bertz CT molecular complexity index is 908. The van der Waals surface area contributed by atoms with Crippen molar-refractivity contribution in [1.29, 1.82) is 0 Å². The van der Waals surface area contributed by atoms with Crippen LogP contribution in [0.3, 0.4) is 0 Å². The molecule has 3 rings (SSSR count). The molecule has 0 saturated heterocycles. The summed E-state index contributed by atoms with van der Waals surface area (Å²) in [4.78, 5) is 15.6. The number of ether oxygens (including phenoxy) is 1. The lowest BCUT2D eigenvalue weighted by Crippen LogP contribution is -2.22. The first-order chi connectivity index (χ1) is 12.4. The van der Waals surface area contributed by atoms with Crippen molar-refractivity contribution in [2.75, 3.05) is 13.2 Å². The topological polar surface area (TPSA) is 61.9 Å². The second-order valence-corrected chi connectivity index (χ2v) is 13.4. The molecule has 3 heterocycles. The molecule has 3 aromatic rings. The Kier molecular flexibility index (Phi) is 5.38. The maximum absolute atomic E-state index is 11.1. The minimum atomic E-state index is -1.05. The van der Waals surface area contributed by atoms with Crippen LogP contribution >= 0.6 is 0 Å². The first-order valence-electron chi connectivity index (χ1n) is 8.92. The van der Waals surface area contributed by atoms with Gasteiger partial charge in [-0.15, -0.1) is 0 Å². The monoisotopic (exact) mass is 370 g/mol. The van der Waals surface area contributed by atoms with E-state index in [1.54, 1.807) is 17.1 Å². The van der Waals surface area contributed by atoms with Crippen molar-refractivity contribution in [2.24, 2.45) is 0 Å². The van der Waals surface area contributed by atoms with Gasteiger partial charge in [0.25, 0.3) is 0 Å². The maximum atomic E-state index is 11.1. The molecule has 0 radical (unpaired) electrons. The summed E-state index contributed by atoms with van der Waals surface area (Å²) in [5.74, 6) is 0. The number of carbonyl (C=O) groups excluding carboxylic acids is 1. The molecule has 0 unspecified atom stereocenters. The van der Waals surface area contributed by atoms with Crippen LogP contribution in [-0.4, -0.2) is 46.9 Å². The number of nitrogens with zero attached hydrogens (tertiary/aromatic N) is 4. The van der Waals surface area contributed by atoms with E-state index in [4.69, 9.17) is 4.74 Å². The molecule has 0 fully saturated rings. The van der Waals surface area contributed by atoms with E-state index in [0.717, 1.165) is 41.9 Å². The van der Waals surface area contributed by atoms with Crippen LogP contribution < -0.4 is 0 Å². The maximum Gasteiger partial charge on any atom is 0.153 e. The third-order valence-corrected chi connectivity index (χ3v) is 6.13. The number of aromatic nitrogens is 4. The van der Waals surface area contributed by atoms with Crippen LogP contribution in [0, 0.1) is 6.92 Å². The summed E-state index contributed by atoms with van der Waals surface area (Å²) in [6.07, 6.45) is 6.39. The molecule has 0 atom stereocenters. The van der Waals surface area contributed by atoms with Crippen molar-refractivity contribution in [3.63, 3.8) is 0 Å². The van der Waals surface area contributed by atoms with Crippen LogP contribution in [0.4, 0.5) is 0 Å². The Morgan fingerprint density at radius 1 is 1.23 bits per heavy atom. The third-order valence-electron chi connectivity index (χ3n) is 4.42. The van der Waals surface area contributed by atoms with Crippen molar-refractivity contribution < 1.29 is 9.53 Å². The second-order valence-electron chi connectivity index (χ2n) is 7.73. The highest BCUT2D eigenvalue weighted by Gasteiger charge is 2.13. The van der Waals surface area contributed by atoms with Crippen molar-refractivity contribution in [3.8, 4) is 5.69 Å². The first-order valence-corrected chi connectivity index (χ1v) is 12.6. The molecule has 0 saturated carbocycles. The van der Waals surface area contributed by atoms with E-state index in [1.807, 2.05) is 25.3 Å². The van der Waals surface area contributed by atoms with Crippen molar-refractivity contribution in [2.45, 2.75) is 39.2 Å². The molecule has 0 spiro atoms. The summed E-state index contributed by atoms with van der Waals surface area (Å²) >= 11 is 0. The van der Waals surface area contributed by atoms with Crippen LogP contribution in [0.1, 0.15) is 16.1 Å². The van der Waals surface area contributed by atoms with Gasteiger partial charge in [0.05, 0.1) is 23.6 Å². The average molecular weight is 371 g/mol. The number of pyridine rings is 1. The normalized spacial score (nSPS) is 12.0. The number of fused-ring (bicyclic) bond motifs is 1. The molecule has 3 aromatic heterocycles. The largest absolute Gasteiger partial charge is 0.380 e. The van der Waals surface area contributed by atoms with Gasteiger partial charge in [-0.05, 0) is 25.1 Å². The fraction of sp³-hybridized carbons (Fsp3) is 0.421. The highest BCUT2D eigenvalue weighted by atomic mass is 28.3. The smallest absolute Gasteiger partial charge is 0.153 e. The van der Waals surface area contributed by atoms with E-state index < -0.39 is 8.07 Å². The number of aldehydes is 1. The predicted molar refractivity (Wildman–Crippen MR) is 106 cm³/mol. The van der Waals surface area contributed by atoms with E-state index in [9.17, 15) is 4.79 Å². The fourth-order valence-electron chi connectivity index (χ4n) is 2.81. The van der Waals surface area contributed by atoms with Crippen molar-refractivity contribution >= 4 is 25.4 Å². The molecule has 0 bridgehead atoms. The number of carbonyl (C=O) groups is 1. The van der Waals surface area contributed by atoms with Gasteiger partial charge in [0, 0.05) is 45.2 Å². The Morgan fingerprint density at radius 3 is 2.73 bits per heavy atom. The number of rotatable bonds is 8. The van der Waals surface area contributed by atoms with E-state index in [1.165, 1.54) is 6.04 Å². The number of hydrogen-bond acceptors (Lipinski definition) is 4. The van der Waals surface area contributed by atoms with Crippen LogP contribution in [-0.2, 0) is 11.3 Å². The lowest BCUT2D eigenvalue weighted by molar-refractivity contribution is 0.112. The molecule has 0 aromatic carbocycles. The molecule has 0 aliphatic heterocycles. The SMILES string of the molecule is Cc1nn(-c2ccnc3c2ccn3CCOCC[Si](C)(C)C)cc1C=O. The lowest BCUT2D eigenvalue weighted by atomic mass is 10.3. The van der Waals surface area contributed by atoms with Gasteiger partial charge in [0.2, 0.25) is 0 Å². The van der Waals surface area contributed by atoms with Gasteiger partial charge in [-0.2, -0.15) is 5.10 Å². The molecule has 7 heteroatoms. The zero-order chi connectivity index (χ0) is 18.7. The summed E-state index contributed by atoms with van der Waals surface area (Å²) < 4.78 is 9.66. The van der Waals surface area contributed by atoms with Gasteiger partial charge in [0.15, 0.2) is 6.29 Å². The summed E-state index contributed by atoms with van der Waals surface area (Å²) in [5, 5.41) is 5.46. The lowest BCUT2D eigenvalue weighted by Gasteiger charge is -2.15. The Labute approximate surface area is 154 Å². The van der Waals surface area contributed by atoms with Crippen LogP contribution in [0.15, 0.2) is 30.7 Å². The van der Waals surface area contributed by atoms with Gasteiger partial charge in [-0.3, -0.25) is 4.79 Å². The predicted octanol–water partition coefficient (Wildman–Crippen LogP) is 3.70. The minimum Gasteiger partial charge on any atom is -0.380 e. The molecule has 0 N–H and O–H groups in total. The molecular weight excluding hydrogens is 344 g/mol. The Morgan fingerprint density at radius 2 is 2.04 bits per heavy atom. The van der Waals surface area contributed by atoms with E-state index in [2.05, 4.69) is 34.3 Å². The highest BCUT2D eigenvalue weighted by molar-refractivity contribution is 6.76. The van der Waals surface area contributed by atoms with E-state index in [0.29, 0.717) is 12.2 Å². The quantitative estimate of drug-likeness (QED) is 0.345. The Hall–Kier alpha value is -2.25. The summed E-state index contributed by atoms with van der Waals surface area (Å²) in [6, 6.07) is 5.13. The average Bonchev–Trinajstić information content (AvgIpc) is 3.17. The van der Waals surface area contributed by atoms with Gasteiger partial charge < -0.3 is 9.30 Å². The highest BCUT2D eigenvalue weighted by Crippen LogP contribution is 2.22. The third kappa shape index (κ3) is 4.11. The second kappa shape index (κ2) is 7.55.